The summed E-state index contributed by atoms with van der Waals surface area (Å²) in [5.41, 5.74) is 3.27. The summed E-state index contributed by atoms with van der Waals surface area (Å²) in [6.45, 7) is 2.54. The molecule has 2 aliphatic heterocycles. The number of aliphatic hydroxyl groups excluding tert-OH is 1. The first-order valence-electron chi connectivity index (χ1n) is 10.6. The van der Waals surface area contributed by atoms with Crippen molar-refractivity contribution < 1.29 is 14.7 Å². The molecule has 1 fully saturated rings. The van der Waals surface area contributed by atoms with Gasteiger partial charge in [0.15, 0.2) is 0 Å². The zero-order valence-electron chi connectivity index (χ0n) is 17.6. The van der Waals surface area contributed by atoms with Gasteiger partial charge in [-0.2, -0.15) is 0 Å². The average molecular weight is 476 g/mol. The van der Waals surface area contributed by atoms with Gasteiger partial charge in [0.25, 0.3) is 5.91 Å². The number of aliphatic hydroxyl groups is 1. The number of oxime groups is 1. The minimum Gasteiger partial charge on any atom is -0.395 e. The first-order chi connectivity index (χ1) is 15.5. The molecule has 0 aliphatic carbocycles. The van der Waals surface area contributed by atoms with Crippen LogP contribution >= 0.6 is 22.9 Å². The number of anilines is 1. The molecule has 0 spiro atoms. The summed E-state index contributed by atoms with van der Waals surface area (Å²) in [4.78, 5) is 20.4. The number of hydrogen-bond acceptors (Lipinski definition) is 7. The Bertz CT molecular complexity index is 1020. The Kier molecular flexibility index (Phi) is 7.29. The second kappa shape index (κ2) is 10.3. The van der Waals surface area contributed by atoms with Gasteiger partial charge in [0.2, 0.25) is 0 Å². The van der Waals surface area contributed by atoms with Crippen molar-refractivity contribution in [3.8, 4) is 0 Å². The van der Waals surface area contributed by atoms with Crippen LogP contribution in [0.3, 0.4) is 0 Å². The predicted molar refractivity (Wildman–Crippen MR) is 127 cm³/mol. The van der Waals surface area contributed by atoms with E-state index in [1.54, 1.807) is 12.1 Å². The van der Waals surface area contributed by atoms with Gasteiger partial charge in [-0.1, -0.05) is 28.9 Å². The molecule has 3 heterocycles. The molecule has 1 aromatic carbocycles. The Balaban J connectivity index is 1.41. The molecule has 1 aromatic heterocycles. The van der Waals surface area contributed by atoms with Crippen molar-refractivity contribution in [1.82, 2.24) is 10.2 Å². The Morgan fingerprint density at radius 2 is 2.12 bits per heavy atom. The number of carbonyl (C=O) groups excluding carboxylic acids is 1. The third kappa shape index (κ3) is 5.23. The van der Waals surface area contributed by atoms with Crippen LogP contribution in [0.5, 0.6) is 0 Å². The molecule has 10 heteroatoms. The molecule has 2 aliphatic rings. The first kappa shape index (κ1) is 22.6. The molecule has 170 valence electrons. The molecule has 2 aromatic rings. The van der Waals surface area contributed by atoms with Crippen LogP contribution in [-0.2, 0) is 4.84 Å². The van der Waals surface area contributed by atoms with Crippen LogP contribution in [0, 0.1) is 5.41 Å². The van der Waals surface area contributed by atoms with Gasteiger partial charge in [0.05, 0.1) is 28.1 Å². The van der Waals surface area contributed by atoms with Gasteiger partial charge in [0.1, 0.15) is 11.9 Å². The van der Waals surface area contributed by atoms with E-state index in [1.165, 1.54) is 11.3 Å². The summed E-state index contributed by atoms with van der Waals surface area (Å²) in [6, 6.07) is 9.20. The number of nitrogens with zero attached hydrogens (tertiary/aromatic N) is 2. The van der Waals surface area contributed by atoms with E-state index in [0.29, 0.717) is 34.6 Å². The fraction of sp³-hybridized carbons (Fsp3) is 0.409. The molecule has 4 N–H and O–H groups in total. The highest BCUT2D eigenvalue weighted by atomic mass is 35.5. The van der Waals surface area contributed by atoms with Crippen molar-refractivity contribution in [1.29, 1.82) is 5.41 Å². The van der Waals surface area contributed by atoms with Crippen LogP contribution in [0.25, 0.3) is 0 Å². The van der Waals surface area contributed by atoms with Gasteiger partial charge >= 0.3 is 0 Å². The highest BCUT2D eigenvalue weighted by Crippen LogP contribution is 2.26. The van der Waals surface area contributed by atoms with Gasteiger partial charge in [-0.15, -0.1) is 11.3 Å². The van der Waals surface area contributed by atoms with Crippen molar-refractivity contribution in [2.24, 2.45) is 5.16 Å². The maximum absolute atomic E-state index is 12.2. The van der Waals surface area contributed by atoms with Gasteiger partial charge in [0, 0.05) is 42.9 Å². The second-order valence-electron chi connectivity index (χ2n) is 7.74. The molecule has 0 radical (unpaired) electrons. The highest BCUT2D eigenvalue weighted by Gasteiger charge is 2.26. The summed E-state index contributed by atoms with van der Waals surface area (Å²) in [6.07, 6.45) is 2.50. The summed E-state index contributed by atoms with van der Waals surface area (Å²) in [5.74, 6) is 0.328. The zero-order valence-corrected chi connectivity index (χ0v) is 19.1. The van der Waals surface area contributed by atoms with Crippen LogP contribution < -0.4 is 10.6 Å². The number of rotatable bonds is 8. The molecule has 1 unspecified atom stereocenters. The number of nitrogens with one attached hydrogen (secondary N) is 3. The van der Waals surface area contributed by atoms with E-state index in [9.17, 15) is 9.90 Å². The topological polar surface area (TPSA) is 110 Å². The van der Waals surface area contributed by atoms with E-state index in [2.05, 4.69) is 20.7 Å². The molecule has 1 atom stereocenters. The lowest BCUT2D eigenvalue weighted by Gasteiger charge is -2.20. The van der Waals surface area contributed by atoms with Crippen molar-refractivity contribution in [3.05, 3.63) is 50.7 Å². The van der Waals surface area contributed by atoms with Gasteiger partial charge in [-0.05, 0) is 31.0 Å². The molecular weight excluding hydrogens is 450 g/mol. The van der Waals surface area contributed by atoms with Crippen molar-refractivity contribution in [2.75, 3.05) is 38.1 Å². The normalized spacial score (nSPS) is 17.8. The number of likely N-dealkylation sites (tertiary alicyclic amines) is 1. The van der Waals surface area contributed by atoms with E-state index >= 15 is 0 Å². The van der Waals surface area contributed by atoms with Crippen molar-refractivity contribution in [2.45, 2.75) is 25.4 Å². The number of hydrogen-bond donors (Lipinski definition) is 4. The monoisotopic (exact) mass is 475 g/mol. The standard InChI is InChI=1S/C22H26ClN5O3S/c23-20-6-5-19(32-20)22(30)26-13-15-12-18(27-31-15)16-4-3-14(11-17(16)25-7-10-29)21(24)28-8-1-2-9-28/h3-6,11,15,24-25,29H,1-2,7-10,12-13H2,(H,26,30). The van der Waals surface area contributed by atoms with Crippen LogP contribution in [0.2, 0.25) is 4.34 Å². The number of amides is 1. The summed E-state index contributed by atoms with van der Waals surface area (Å²) < 4.78 is 0.571. The smallest absolute Gasteiger partial charge is 0.261 e. The molecule has 4 rings (SSSR count). The number of halogens is 1. The van der Waals surface area contributed by atoms with Gasteiger partial charge in [-0.3, -0.25) is 10.2 Å². The Morgan fingerprint density at radius 3 is 2.84 bits per heavy atom. The Morgan fingerprint density at radius 1 is 1.31 bits per heavy atom. The minimum atomic E-state index is -0.266. The molecule has 0 bridgehead atoms. The van der Waals surface area contributed by atoms with E-state index in [-0.39, 0.29) is 18.6 Å². The molecule has 8 nitrogen and oxygen atoms in total. The lowest BCUT2D eigenvalue weighted by molar-refractivity contribution is 0.0755. The molecule has 1 amide bonds. The van der Waals surface area contributed by atoms with Crippen LogP contribution in [0.15, 0.2) is 35.5 Å². The third-order valence-corrected chi connectivity index (χ3v) is 6.70. The lowest BCUT2D eigenvalue weighted by atomic mass is 10.00. The summed E-state index contributed by atoms with van der Waals surface area (Å²) in [5, 5.41) is 28.1. The number of benzene rings is 1. The maximum atomic E-state index is 12.2. The second-order valence-corrected chi connectivity index (χ2v) is 9.45. The lowest BCUT2D eigenvalue weighted by Crippen LogP contribution is -2.32. The average Bonchev–Trinajstić information content (AvgIpc) is 3.57. The van der Waals surface area contributed by atoms with E-state index < -0.39 is 0 Å². The number of thiophene rings is 1. The van der Waals surface area contributed by atoms with Gasteiger partial charge in [-0.25, -0.2) is 0 Å². The Labute approximate surface area is 195 Å². The summed E-state index contributed by atoms with van der Waals surface area (Å²) >= 11 is 7.13. The molecule has 0 saturated carbocycles. The predicted octanol–water partition coefficient (Wildman–Crippen LogP) is 3.15. The van der Waals surface area contributed by atoms with Crippen LogP contribution in [-0.4, -0.2) is 66.4 Å². The van der Waals surface area contributed by atoms with E-state index in [0.717, 1.165) is 48.5 Å². The fourth-order valence-electron chi connectivity index (χ4n) is 3.83. The largest absolute Gasteiger partial charge is 0.395 e. The zero-order chi connectivity index (χ0) is 22.5. The molecular formula is C22H26ClN5O3S. The van der Waals surface area contributed by atoms with E-state index in [4.69, 9.17) is 21.8 Å². The number of carbonyl (C=O) groups is 1. The van der Waals surface area contributed by atoms with Crippen molar-refractivity contribution in [3.63, 3.8) is 0 Å². The van der Waals surface area contributed by atoms with Crippen LogP contribution in [0.4, 0.5) is 5.69 Å². The Hall–Kier alpha value is -2.62. The van der Waals surface area contributed by atoms with E-state index in [1.807, 2.05) is 18.2 Å². The SMILES string of the molecule is N=C(c1ccc(C2=NOC(CNC(=O)c3ccc(Cl)s3)C2)c(NCCO)c1)N1CCCC1. The maximum Gasteiger partial charge on any atom is 0.261 e. The highest BCUT2D eigenvalue weighted by molar-refractivity contribution is 7.18. The molecule has 1 saturated heterocycles. The van der Waals surface area contributed by atoms with Crippen LogP contribution in [0.1, 0.15) is 40.1 Å². The molecule has 32 heavy (non-hydrogen) atoms. The quantitative estimate of drug-likeness (QED) is 0.346. The third-order valence-electron chi connectivity index (χ3n) is 5.47. The van der Waals surface area contributed by atoms with Gasteiger partial charge < -0.3 is 25.5 Å². The number of amidine groups is 1. The fourth-order valence-corrected chi connectivity index (χ4v) is 4.79. The van der Waals surface area contributed by atoms with Crippen molar-refractivity contribution >= 4 is 46.1 Å². The first-order valence-corrected chi connectivity index (χ1v) is 11.8. The summed E-state index contributed by atoms with van der Waals surface area (Å²) in [7, 11) is 0. The minimum absolute atomic E-state index is 0.00237.